The van der Waals surface area contributed by atoms with Crippen molar-refractivity contribution in [2.45, 2.75) is 46.1 Å². The summed E-state index contributed by atoms with van der Waals surface area (Å²) >= 11 is 0. The number of ketones is 2. The summed E-state index contributed by atoms with van der Waals surface area (Å²) in [5, 5.41) is 0. The molecule has 116 valence electrons. The maximum atomic E-state index is 12.1. The Morgan fingerprint density at radius 2 is 1.67 bits per heavy atom. The first kappa shape index (κ1) is 16.9. The van der Waals surface area contributed by atoms with Crippen LogP contribution in [0.25, 0.3) is 0 Å². The second-order valence-corrected chi connectivity index (χ2v) is 5.82. The highest BCUT2D eigenvalue weighted by atomic mass is 16.6. The van der Waals surface area contributed by atoms with Gasteiger partial charge in [0, 0.05) is 11.8 Å². The fourth-order valence-corrected chi connectivity index (χ4v) is 1.98. The minimum atomic E-state index is -0.935. The molecule has 1 N–H and O–H groups in total. The van der Waals surface area contributed by atoms with E-state index in [1.807, 2.05) is 0 Å². The predicted octanol–water partition coefficient (Wildman–Crippen LogP) is 2.24. The molecule has 0 saturated heterocycles. The first-order valence-electron chi connectivity index (χ1n) is 6.58. The number of nitrogens with one attached hydrogen (secondary N) is 1. The van der Waals surface area contributed by atoms with E-state index in [2.05, 4.69) is 4.98 Å². The largest absolute Gasteiger partial charge is 0.494 e. The summed E-state index contributed by atoms with van der Waals surface area (Å²) < 4.78 is 10.4. The third-order valence-electron chi connectivity index (χ3n) is 2.75. The van der Waals surface area contributed by atoms with Crippen LogP contribution in [-0.2, 0) is 14.3 Å². The Balaban J connectivity index is 3.21. The number of carbonyl (C=O) groups is 3. The number of carbonyl (C=O) groups excluding carboxylic acids is 3. The van der Waals surface area contributed by atoms with Gasteiger partial charge in [0.1, 0.15) is 23.1 Å². The predicted molar refractivity (Wildman–Crippen MR) is 76.6 cm³/mol. The molecule has 0 aromatic carbocycles. The van der Waals surface area contributed by atoms with Crippen molar-refractivity contribution < 1.29 is 23.9 Å². The summed E-state index contributed by atoms with van der Waals surface area (Å²) in [5.74, 6) is -1.90. The maximum absolute atomic E-state index is 12.1. The highest BCUT2D eigenvalue weighted by molar-refractivity contribution is 6.05. The van der Waals surface area contributed by atoms with Gasteiger partial charge in [-0.05, 0) is 34.6 Å². The number of aromatic nitrogens is 1. The van der Waals surface area contributed by atoms with E-state index in [4.69, 9.17) is 9.47 Å². The van der Waals surface area contributed by atoms with Gasteiger partial charge in [-0.25, -0.2) is 4.79 Å². The van der Waals surface area contributed by atoms with Gasteiger partial charge in [-0.3, -0.25) is 9.59 Å². The zero-order valence-corrected chi connectivity index (χ0v) is 13.2. The fraction of sp³-hybridized carbons (Fsp3) is 0.533. The number of Topliss-reactive ketones (excluding diaryl/α,β-unsaturated/α-hetero) is 2. The lowest BCUT2D eigenvalue weighted by Crippen LogP contribution is -2.24. The van der Waals surface area contributed by atoms with Crippen LogP contribution >= 0.6 is 0 Å². The molecular formula is C15H21NO5. The Hall–Kier alpha value is -2.11. The summed E-state index contributed by atoms with van der Waals surface area (Å²) in [6.07, 6.45) is 0. The molecule has 0 aliphatic rings. The van der Waals surface area contributed by atoms with Crippen LogP contribution in [0.2, 0.25) is 0 Å². The number of esters is 1. The number of methoxy groups -OCH3 is 1. The van der Waals surface area contributed by atoms with Gasteiger partial charge in [0.2, 0.25) is 0 Å². The lowest BCUT2D eigenvalue weighted by atomic mass is 9.97. The van der Waals surface area contributed by atoms with E-state index in [1.54, 1.807) is 20.8 Å². The van der Waals surface area contributed by atoms with E-state index in [1.165, 1.54) is 27.0 Å². The average Bonchev–Trinajstić information content (AvgIpc) is 2.69. The van der Waals surface area contributed by atoms with Gasteiger partial charge in [-0.15, -0.1) is 0 Å². The van der Waals surface area contributed by atoms with Gasteiger partial charge in [0.25, 0.3) is 0 Å². The summed E-state index contributed by atoms with van der Waals surface area (Å²) in [5.41, 5.74) is -0.240. The average molecular weight is 295 g/mol. The highest BCUT2D eigenvalue weighted by Gasteiger charge is 2.29. The molecule has 1 aromatic heterocycles. The standard InChI is InChI=1S/C15H21NO5/c1-8(17)12(9(2)18)10-7-11(20-6)13(16-10)14(19)21-15(3,4)5/h7,12,16H,1-6H3. The third-order valence-corrected chi connectivity index (χ3v) is 2.75. The highest BCUT2D eigenvalue weighted by Crippen LogP contribution is 2.27. The van der Waals surface area contributed by atoms with Crippen molar-refractivity contribution in [3.8, 4) is 5.75 Å². The van der Waals surface area contributed by atoms with E-state index in [0.29, 0.717) is 5.69 Å². The molecule has 1 rings (SSSR count). The van der Waals surface area contributed by atoms with Crippen LogP contribution in [-0.4, -0.2) is 35.2 Å². The van der Waals surface area contributed by atoms with Gasteiger partial charge in [0.05, 0.1) is 7.11 Å². The molecule has 0 fully saturated rings. The number of aromatic amines is 1. The smallest absolute Gasteiger partial charge is 0.359 e. The third kappa shape index (κ3) is 4.18. The number of hydrogen-bond acceptors (Lipinski definition) is 5. The number of ether oxygens (including phenoxy) is 2. The number of hydrogen-bond donors (Lipinski definition) is 1. The SMILES string of the molecule is COc1cc(C(C(C)=O)C(C)=O)[nH]c1C(=O)OC(C)(C)C. The van der Waals surface area contributed by atoms with Crippen molar-refractivity contribution >= 4 is 17.5 Å². The van der Waals surface area contributed by atoms with E-state index in [0.717, 1.165) is 0 Å². The minimum Gasteiger partial charge on any atom is -0.494 e. The van der Waals surface area contributed by atoms with Crippen LogP contribution in [0.15, 0.2) is 6.07 Å². The molecule has 0 radical (unpaired) electrons. The Bertz CT molecular complexity index is 551. The van der Waals surface area contributed by atoms with Gasteiger partial charge in [-0.2, -0.15) is 0 Å². The molecule has 21 heavy (non-hydrogen) atoms. The molecule has 1 heterocycles. The van der Waals surface area contributed by atoms with Crippen LogP contribution in [0, 0.1) is 0 Å². The number of H-pyrrole nitrogens is 1. The normalized spacial score (nSPS) is 11.4. The summed E-state index contributed by atoms with van der Waals surface area (Å²) in [6, 6.07) is 1.48. The Morgan fingerprint density at radius 1 is 1.14 bits per heavy atom. The van der Waals surface area contributed by atoms with Crippen molar-refractivity contribution in [2.75, 3.05) is 7.11 Å². The minimum absolute atomic E-state index is 0.0925. The zero-order valence-electron chi connectivity index (χ0n) is 13.2. The molecule has 0 amide bonds. The molecule has 0 aliphatic heterocycles. The first-order valence-corrected chi connectivity index (χ1v) is 6.58. The van der Waals surface area contributed by atoms with Gasteiger partial charge >= 0.3 is 5.97 Å². The van der Waals surface area contributed by atoms with Crippen LogP contribution in [0.4, 0.5) is 0 Å². The maximum Gasteiger partial charge on any atom is 0.359 e. The van der Waals surface area contributed by atoms with Crippen LogP contribution in [0.1, 0.15) is 56.7 Å². The second kappa shape index (κ2) is 6.11. The molecular weight excluding hydrogens is 274 g/mol. The van der Waals surface area contributed by atoms with E-state index >= 15 is 0 Å². The monoisotopic (exact) mass is 295 g/mol. The van der Waals surface area contributed by atoms with Crippen LogP contribution < -0.4 is 4.74 Å². The summed E-state index contributed by atoms with van der Waals surface area (Å²) in [4.78, 5) is 38.1. The molecule has 0 spiro atoms. The van der Waals surface area contributed by atoms with Crippen molar-refractivity contribution in [3.05, 3.63) is 17.5 Å². The van der Waals surface area contributed by atoms with E-state index in [-0.39, 0.29) is 23.0 Å². The molecule has 0 atom stereocenters. The van der Waals surface area contributed by atoms with Crippen molar-refractivity contribution in [1.29, 1.82) is 0 Å². The Morgan fingerprint density at radius 3 is 2.05 bits per heavy atom. The first-order chi connectivity index (χ1) is 9.56. The Kier molecular flexibility index (Phi) is 4.93. The van der Waals surface area contributed by atoms with Gasteiger partial charge in [0.15, 0.2) is 11.4 Å². The fourth-order valence-electron chi connectivity index (χ4n) is 1.98. The van der Waals surface area contributed by atoms with Crippen LogP contribution in [0.3, 0.4) is 0 Å². The summed E-state index contributed by atoms with van der Waals surface area (Å²) in [6.45, 7) is 7.89. The van der Waals surface area contributed by atoms with E-state index in [9.17, 15) is 14.4 Å². The second-order valence-electron chi connectivity index (χ2n) is 5.82. The van der Waals surface area contributed by atoms with Crippen molar-refractivity contribution in [2.24, 2.45) is 0 Å². The van der Waals surface area contributed by atoms with Gasteiger partial charge in [-0.1, -0.05) is 0 Å². The molecule has 0 bridgehead atoms. The summed E-state index contributed by atoms with van der Waals surface area (Å²) in [7, 11) is 1.40. The molecule has 6 heteroatoms. The Labute approximate surface area is 123 Å². The molecule has 1 aromatic rings. The van der Waals surface area contributed by atoms with Crippen molar-refractivity contribution in [3.63, 3.8) is 0 Å². The lowest BCUT2D eigenvalue weighted by molar-refractivity contribution is -0.127. The quantitative estimate of drug-likeness (QED) is 0.665. The van der Waals surface area contributed by atoms with Crippen molar-refractivity contribution in [1.82, 2.24) is 4.98 Å². The topological polar surface area (TPSA) is 85.5 Å². The molecule has 6 nitrogen and oxygen atoms in total. The molecule has 0 unspecified atom stereocenters. The number of rotatable bonds is 5. The zero-order chi connectivity index (χ0) is 16.4. The molecule has 0 aliphatic carbocycles. The lowest BCUT2D eigenvalue weighted by Gasteiger charge is -2.19. The van der Waals surface area contributed by atoms with Crippen LogP contribution in [0.5, 0.6) is 5.75 Å². The van der Waals surface area contributed by atoms with Gasteiger partial charge < -0.3 is 14.5 Å². The van der Waals surface area contributed by atoms with E-state index < -0.39 is 17.5 Å². The molecule has 0 saturated carbocycles.